The number of unbranched alkanes of at least 4 members (excludes halogenated alkanes) is 4. The molecule has 0 aliphatic carbocycles. The summed E-state index contributed by atoms with van der Waals surface area (Å²) in [5.74, 6) is 0. The molecule has 0 saturated heterocycles. The minimum absolute atomic E-state index is 0.821. The third kappa shape index (κ3) is 6.77. The molecule has 18 heavy (non-hydrogen) atoms. The molecule has 2 heteroatoms. The molecule has 2 nitrogen and oxygen atoms in total. The first-order valence-corrected chi connectivity index (χ1v) is 7.34. The molecule has 0 atom stereocenters. The number of benzene rings is 1. The van der Waals surface area contributed by atoms with Gasteiger partial charge in [0.2, 0.25) is 0 Å². The van der Waals surface area contributed by atoms with Crippen molar-refractivity contribution in [2.45, 2.75) is 51.4 Å². The van der Waals surface area contributed by atoms with Crippen LogP contribution in [-0.2, 0) is 12.8 Å². The maximum atomic E-state index is 5.49. The zero-order valence-electron chi connectivity index (χ0n) is 11.5. The van der Waals surface area contributed by atoms with E-state index in [4.69, 9.17) is 11.5 Å². The molecule has 0 fully saturated rings. The van der Waals surface area contributed by atoms with Gasteiger partial charge in [-0.05, 0) is 62.7 Å². The Hall–Kier alpha value is -0.860. The van der Waals surface area contributed by atoms with Gasteiger partial charge in [0.1, 0.15) is 0 Å². The lowest BCUT2D eigenvalue weighted by Gasteiger charge is -2.04. The second kappa shape index (κ2) is 10.1. The predicted molar refractivity (Wildman–Crippen MR) is 79.7 cm³/mol. The van der Waals surface area contributed by atoms with Crippen molar-refractivity contribution in [2.75, 3.05) is 13.1 Å². The Morgan fingerprint density at radius 2 is 0.944 bits per heavy atom. The van der Waals surface area contributed by atoms with Crippen LogP contribution in [0.15, 0.2) is 24.3 Å². The fourth-order valence-electron chi connectivity index (χ4n) is 2.17. The molecular formula is C16H28N2. The van der Waals surface area contributed by atoms with Crippen LogP contribution in [-0.4, -0.2) is 13.1 Å². The summed E-state index contributed by atoms with van der Waals surface area (Å²) in [5, 5.41) is 0. The molecule has 0 aromatic heterocycles. The van der Waals surface area contributed by atoms with E-state index in [0.29, 0.717) is 0 Å². The molecular weight excluding hydrogens is 220 g/mol. The Morgan fingerprint density at radius 3 is 1.28 bits per heavy atom. The molecule has 0 saturated carbocycles. The van der Waals surface area contributed by atoms with Crippen molar-refractivity contribution in [1.29, 1.82) is 0 Å². The van der Waals surface area contributed by atoms with Crippen LogP contribution in [0.3, 0.4) is 0 Å². The first-order valence-electron chi connectivity index (χ1n) is 7.34. The van der Waals surface area contributed by atoms with Gasteiger partial charge in [0.05, 0.1) is 0 Å². The summed E-state index contributed by atoms with van der Waals surface area (Å²) in [6.45, 7) is 1.64. The zero-order valence-corrected chi connectivity index (χ0v) is 11.5. The number of hydrogen-bond acceptors (Lipinski definition) is 2. The van der Waals surface area contributed by atoms with Crippen LogP contribution < -0.4 is 11.5 Å². The van der Waals surface area contributed by atoms with Crippen molar-refractivity contribution < 1.29 is 0 Å². The highest BCUT2D eigenvalue weighted by atomic mass is 14.5. The standard InChI is InChI=1S/C16H28N2/c17-13-5-1-3-7-15-9-11-16(12-10-15)8-4-2-6-14-18/h9-12H,1-8,13-14,17-18H2. The average Bonchev–Trinajstić information content (AvgIpc) is 2.41. The third-order valence-electron chi connectivity index (χ3n) is 3.36. The van der Waals surface area contributed by atoms with Gasteiger partial charge in [0.25, 0.3) is 0 Å². The van der Waals surface area contributed by atoms with Gasteiger partial charge < -0.3 is 11.5 Å². The highest BCUT2D eigenvalue weighted by Crippen LogP contribution is 2.11. The van der Waals surface area contributed by atoms with E-state index in [9.17, 15) is 0 Å². The highest BCUT2D eigenvalue weighted by Gasteiger charge is 1.96. The summed E-state index contributed by atoms with van der Waals surface area (Å²) < 4.78 is 0. The second-order valence-electron chi connectivity index (χ2n) is 5.02. The molecule has 0 bridgehead atoms. The SMILES string of the molecule is NCCCCCc1ccc(CCCCCN)cc1. The zero-order chi connectivity index (χ0) is 13.1. The molecule has 0 aliphatic heterocycles. The van der Waals surface area contributed by atoms with Gasteiger partial charge in [-0.3, -0.25) is 0 Å². The molecule has 4 N–H and O–H groups in total. The van der Waals surface area contributed by atoms with Gasteiger partial charge in [-0.2, -0.15) is 0 Å². The van der Waals surface area contributed by atoms with E-state index >= 15 is 0 Å². The van der Waals surface area contributed by atoms with Crippen LogP contribution in [0.4, 0.5) is 0 Å². The van der Waals surface area contributed by atoms with Crippen molar-refractivity contribution in [2.24, 2.45) is 11.5 Å². The van der Waals surface area contributed by atoms with Crippen LogP contribution >= 0.6 is 0 Å². The van der Waals surface area contributed by atoms with Crippen molar-refractivity contribution in [1.82, 2.24) is 0 Å². The first-order chi connectivity index (χ1) is 8.86. The highest BCUT2D eigenvalue weighted by molar-refractivity contribution is 5.22. The summed E-state index contributed by atoms with van der Waals surface area (Å²) in [6, 6.07) is 9.11. The molecule has 1 aromatic rings. The molecule has 102 valence electrons. The van der Waals surface area contributed by atoms with E-state index in [0.717, 1.165) is 25.9 Å². The van der Waals surface area contributed by atoms with Crippen LogP contribution in [0.5, 0.6) is 0 Å². The fourth-order valence-corrected chi connectivity index (χ4v) is 2.17. The van der Waals surface area contributed by atoms with Crippen molar-refractivity contribution in [3.8, 4) is 0 Å². The molecule has 0 spiro atoms. The minimum atomic E-state index is 0.821. The normalized spacial score (nSPS) is 10.8. The molecule has 0 radical (unpaired) electrons. The molecule has 0 aliphatic rings. The van der Waals surface area contributed by atoms with Crippen LogP contribution in [0.1, 0.15) is 49.7 Å². The lowest BCUT2D eigenvalue weighted by atomic mass is 10.0. The quantitative estimate of drug-likeness (QED) is 0.625. The van der Waals surface area contributed by atoms with Crippen LogP contribution in [0.2, 0.25) is 0 Å². The lowest BCUT2D eigenvalue weighted by Crippen LogP contribution is -1.98. The molecule has 0 heterocycles. The van der Waals surface area contributed by atoms with E-state index in [1.807, 2.05) is 0 Å². The van der Waals surface area contributed by atoms with Gasteiger partial charge in [-0.25, -0.2) is 0 Å². The van der Waals surface area contributed by atoms with Gasteiger partial charge in [-0.15, -0.1) is 0 Å². The maximum absolute atomic E-state index is 5.49. The van der Waals surface area contributed by atoms with E-state index in [1.165, 1.54) is 49.7 Å². The predicted octanol–water partition coefficient (Wildman–Crippen LogP) is 3.03. The first kappa shape index (κ1) is 15.2. The summed E-state index contributed by atoms with van der Waals surface area (Å²) in [7, 11) is 0. The van der Waals surface area contributed by atoms with Crippen LogP contribution in [0, 0.1) is 0 Å². The fraction of sp³-hybridized carbons (Fsp3) is 0.625. The Bertz CT molecular complexity index is 261. The molecule has 1 rings (SSSR count). The van der Waals surface area contributed by atoms with Crippen molar-refractivity contribution in [3.63, 3.8) is 0 Å². The monoisotopic (exact) mass is 248 g/mol. The van der Waals surface area contributed by atoms with Gasteiger partial charge in [0.15, 0.2) is 0 Å². The van der Waals surface area contributed by atoms with E-state index in [1.54, 1.807) is 0 Å². The Kier molecular flexibility index (Phi) is 8.53. The smallest absolute Gasteiger partial charge is 0.00773 e. The number of nitrogens with two attached hydrogens (primary N) is 2. The largest absolute Gasteiger partial charge is 0.330 e. The molecule has 0 unspecified atom stereocenters. The number of hydrogen-bond donors (Lipinski definition) is 2. The van der Waals surface area contributed by atoms with Gasteiger partial charge >= 0.3 is 0 Å². The lowest BCUT2D eigenvalue weighted by molar-refractivity contribution is 0.682. The summed E-state index contributed by atoms with van der Waals surface area (Å²) >= 11 is 0. The Balaban J connectivity index is 2.20. The second-order valence-corrected chi connectivity index (χ2v) is 5.02. The van der Waals surface area contributed by atoms with Gasteiger partial charge in [0, 0.05) is 0 Å². The Morgan fingerprint density at radius 1 is 0.556 bits per heavy atom. The van der Waals surface area contributed by atoms with Gasteiger partial charge in [-0.1, -0.05) is 37.1 Å². The maximum Gasteiger partial charge on any atom is -0.00773 e. The van der Waals surface area contributed by atoms with Crippen LogP contribution in [0.25, 0.3) is 0 Å². The Labute approximate surface area is 112 Å². The third-order valence-corrected chi connectivity index (χ3v) is 3.36. The van der Waals surface area contributed by atoms with E-state index in [-0.39, 0.29) is 0 Å². The average molecular weight is 248 g/mol. The summed E-state index contributed by atoms with van der Waals surface area (Å²) in [6.07, 6.45) is 9.69. The molecule has 0 amide bonds. The number of rotatable bonds is 10. The molecule has 1 aromatic carbocycles. The topological polar surface area (TPSA) is 52.0 Å². The summed E-state index contributed by atoms with van der Waals surface area (Å²) in [5.41, 5.74) is 13.9. The van der Waals surface area contributed by atoms with E-state index < -0.39 is 0 Å². The summed E-state index contributed by atoms with van der Waals surface area (Å²) in [4.78, 5) is 0. The van der Waals surface area contributed by atoms with Crippen molar-refractivity contribution in [3.05, 3.63) is 35.4 Å². The van der Waals surface area contributed by atoms with E-state index in [2.05, 4.69) is 24.3 Å². The van der Waals surface area contributed by atoms with Crippen molar-refractivity contribution >= 4 is 0 Å². The minimum Gasteiger partial charge on any atom is -0.330 e. The number of aryl methyl sites for hydroxylation is 2.